The summed E-state index contributed by atoms with van der Waals surface area (Å²) >= 11 is 0. The van der Waals surface area contributed by atoms with Crippen LogP contribution < -0.4 is 10.8 Å². The SMILES string of the molecule is CCCCCC#Cc1nc2ccc(C)cn2c1NCC(=O)NO. The number of unbranched alkanes of at least 4 members (excludes halogenated alkanes) is 3. The molecule has 122 valence electrons. The maximum absolute atomic E-state index is 11.3. The number of imidazole rings is 1. The molecule has 0 aromatic carbocycles. The predicted molar refractivity (Wildman–Crippen MR) is 89.4 cm³/mol. The second-order valence-electron chi connectivity index (χ2n) is 5.39. The number of fused-ring (bicyclic) bond motifs is 1. The molecule has 2 rings (SSSR count). The number of carbonyl (C=O) groups excluding carboxylic acids is 1. The Morgan fingerprint density at radius 2 is 2.22 bits per heavy atom. The van der Waals surface area contributed by atoms with Gasteiger partial charge in [-0.2, -0.15) is 0 Å². The lowest BCUT2D eigenvalue weighted by atomic mass is 10.2. The maximum Gasteiger partial charge on any atom is 0.262 e. The fourth-order valence-electron chi connectivity index (χ4n) is 2.22. The van der Waals surface area contributed by atoms with Crippen molar-refractivity contribution in [3.05, 3.63) is 29.6 Å². The Labute approximate surface area is 135 Å². The number of nitrogens with one attached hydrogen (secondary N) is 2. The average Bonchev–Trinajstić information content (AvgIpc) is 2.89. The van der Waals surface area contributed by atoms with Gasteiger partial charge in [0, 0.05) is 12.6 Å². The Bertz CT molecular complexity index is 740. The smallest absolute Gasteiger partial charge is 0.262 e. The van der Waals surface area contributed by atoms with E-state index in [4.69, 9.17) is 5.21 Å². The van der Waals surface area contributed by atoms with Crippen molar-refractivity contribution in [3.63, 3.8) is 0 Å². The third kappa shape index (κ3) is 4.47. The summed E-state index contributed by atoms with van der Waals surface area (Å²) in [6.07, 6.45) is 6.17. The molecule has 6 nitrogen and oxygen atoms in total. The predicted octanol–water partition coefficient (Wildman–Crippen LogP) is 2.49. The number of hydroxylamine groups is 1. The minimum absolute atomic E-state index is 0.0528. The van der Waals surface area contributed by atoms with Crippen molar-refractivity contribution < 1.29 is 10.0 Å². The van der Waals surface area contributed by atoms with E-state index in [2.05, 4.69) is 29.1 Å². The lowest BCUT2D eigenvalue weighted by Gasteiger charge is -2.06. The highest BCUT2D eigenvalue weighted by Crippen LogP contribution is 2.18. The van der Waals surface area contributed by atoms with Crippen LogP contribution in [-0.4, -0.2) is 27.0 Å². The van der Waals surface area contributed by atoms with E-state index in [0.29, 0.717) is 11.5 Å². The van der Waals surface area contributed by atoms with Crippen molar-refractivity contribution >= 4 is 17.4 Å². The van der Waals surface area contributed by atoms with Crippen LogP contribution in [0.15, 0.2) is 18.3 Å². The summed E-state index contributed by atoms with van der Waals surface area (Å²) in [5, 5.41) is 11.6. The Morgan fingerprint density at radius 3 is 2.96 bits per heavy atom. The number of aryl methyl sites for hydroxylation is 1. The number of hydrogen-bond acceptors (Lipinski definition) is 4. The van der Waals surface area contributed by atoms with Crippen molar-refractivity contribution in [1.82, 2.24) is 14.9 Å². The molecule has 0 spiro atoms. The molecule has 0 saturated carbocycles. The van der Waals surface area contributed by atoms with Crippen LogP contribution in [0.3, 0.4) is 0 Å². The van der Waals surface area contributed by atoms with Gasteiger partial charge in [-0.05, 0) is 30.9 Å². The molecular formula is C17H22N4O2. The molecule has 1 amide bonds. The first-order valence-corrected chi connectivity index (χ1v) is 7.80. The van der Waals surface area contributed by atoms with Crippen molar-refractivity contribution in [2.75, 3.05) is 11.9 Å². The fraction of sp³-hybridized carbons (Fsp3) is 0.412. The zero-order valence-electron chi connectivity index (χ0n) is 13.5. The van der Waals surface area contributed by atoms with Gasteiger partial charge in [-0.25, -0.2) is 10.5 Å². The van der Waals surface area contributed by atoms with Crippen molar-refractivity contribution in [2.24, 2.45) is 0 Å². The fourth-order valence-corrected chi connectivity index (χ4v) is 2.22. The van der Waals surface area contributed by atoms with Gasteiger partial charge in [0.25, 0.3) is 5.91 Å². The first kappa shape index (κ1) is 16.8. The van der Waals surface area contributed by atoms with Gasteiger partial charge in [0.1, 0.15) is 11.5 Å². The highest BCUT2D eigenvalue weighted by Gasteiger charge is 2.11. The molecule has 2 heterocycles. The molecule has 23 heavy (non-hydrogen) atoms. The molecule has 0 aliphatic heterocycles. The first-order valence-electron chi connectivity index (χ1n) is 7.80. The summed E-state index contributed by atoms with van der Waals surface area (Å²) in [4.78, 5) is 15.8. The first-order chi connectivity index (χ1) is 11.2. The van der Waals surface area contributed by atoms with Crippen molar-refractivity contribution in [1.29, 1.82) is 0 Å². The summed E-state index contributed by atoms with van der Waals surface area (Å²) in [6, 6.07) is 3.89. The molecule has 0 saturated heterocycles. The van der Waals surface area contributed by atoms with Crippen LogP contribution in [0, 0.1) is 18.8 Å². The minimum Gasteiger partial charge on any atom is -0.360 e. The van der Waals surface area contributed by atoms with E-state index in [1.54, 1.807) is 5.48 Å². The number of anilines is 1. The molecule has 0 atom stereocenters. The quantitative estimate of drug-likeness (QED) is 0.331. The number of pyridine rings is 1. The molecule has 6 heteroatoms. The van der Waals surface area contributed by atoms with Gasteiger partial charge >= 0.3 is 0 Å². The summed E-state index contributed by atoms with van der Waals surface area (Å²) in [5.74, 6) is 6.37. The van der Waals surface area contributed by atoms with E-state index in [1.165, 1.54) is 12.8 Å². The van der Waals surface area contributed by atoms with Crippen LogP contribution in [0.1, 0.15) is 43.9 Å². The Hall–Kier alpha value is -2.52. The molecule has 0 aliphatic rings. The van der Waals surface area contributed by atoms with E-state index in [9.17, 15) is 4.79 Å². The standard InChI is InChI=1S/C17H22N4O2/c1-3-4-5-6-7-8-14-17(18-11-16(22)20-23)21-12-13(2)9-10-15(21)19-14/h9-10,12,18,23H,3-6,11H2,1-2H3,(H,20,22). The molecule has 2 aromatic rings. The third-order valence-electron chi connectivity index (χ3n) is 3.42. The van der Waals surface area contributed by atoms with Gasteiger partial charge in [-0.1, -0.05) is 31.8 Å². The highest BCUT2D eigenvalue weighted by atomic mass is 16.5. The topological polar surface area (TPSA) is 78.7 Å². The third-order valence-corrected chi connectivity index (χ3v) is 3.42. The van der Waals surface area contributed by atoms with Gasteiger partial charge < -0.3 is 5.32 Å². The van der Waals surface area contributed by atoms with Crippen molar-refractivity contribution in [3.8, 4) is 11.8 Å². The number of aromatic nitrogens is 2. The number of hydrogen-bond donors (Lipinski definition) is 3. The highest BCUT2D eigenvalue weighted by molar-refractivity contribution is 5.80. The zero-order valence-corrected chi connectivity index (χ0v) is 13.5. The van der Waals surface area contributed by atoms with E-state index in [-0.39, 0.29) is 6.54 Å². The molecular weight excluding hydrogens is 292 g/mol. The molecule has 0 bridgehead atoms. The van der Waals surface area contributed by atoms with Crippen molar-refractivity contribution in [2.45, 2.75) is 39.5 Å². The van der Waals surface area contributed by atoms with Crippen LogP contribution in [0.2, 0.25) is 0 Å². The second kappa shape index (κ2) is 8.20. The summed E-state index contributed by atoms with van der Waals surface area (Å²) in [5.41, 5.74) is 4.05. The average molecular weight is 314 g/mol. The summed E-state index contributed by atoms with van der Waals surface area (Å²) < 4.78 is 1.87. The Balaban J connectivity index is 2.28. The monoisotopic (exact) mass is 314 g/mol. The van der Waals surface area contributed by atoms with Crippen LogP contribution in [0.25, 0.3) is 5.65 Å². The Kier molecular flexibility index (Phi) is 6.01. The number of nitrogens with zero attached hydrogens (tertiary/aromatic N) is 2. The second-order valence-corrected chi connectivity index (χ2v) is 5.39. The van der Waals surface area contributed by atoms with E-state index in [0.717, 1.165) is 24.1 Å². The number of amides is 1. The van der Waals surface area contributed by atoms with Gasteiger partial charge in [0.15, 0.2) is 5.69 Å². The lowest BCUT2D eigenvalue weighted by molar-refractivity contribution is -0.127. The molecule has 3 N–H and O–H groups in total. The van der Waals surface area contributed by atoms with Gasteiger partial charge in [0.05, 0.1) is 6.54 Å². The molecule has 2 aromatic heterocycles. The van der Waals surface area contributed by atoms with Crippen LogP contribution >= 0.6 is 0 Å². The summed E-state index contributed by atoms with van der Waals surface area (Å²) in [6.45, 7) is 4.09. The Morgan fingerprint density at radius 1 is 1.39 bits per heavy atom. The number of carbonyl (C=O) groups is 1. The van der Waals surface area contributed by atoms with Crippen LogP contribution in [0.4, 0.5) is 5.82 Å². The molecule has 0 aliphatic carbocycles. The summed E-state index contributed by atoms with van der Waals surface area (Å²) in [7, 11) is 0. The zero-order chi connectivity index (χ0) is 16.7. The van der Waals surface area contributed by atoms with E-state index < -0.39 is 5.91 Å². The minimum atomic E-state index is -0.519. The van der Waals surface area contributed by atoms with Crippen LogP contribution in [-0.2, 0) is 4.79 Å². The molecule has 0 unspecified atom stereocenters. The van der Waals surface area contributed by atoms with Gasteiger partial charge in [-0.3, -0.25) is 14.4 Å². The van der Waals surface area contributed by atoms with Gasteiger partial charge in [-0.15, -0.1) is 0 Å². The van der Waals surface area contributed by atoms with Crippen LogP contribution in [0.5, 0.6) is 0 Å². The largest absolute Gasteiger partial charge is 0.360 e. The normalized spacial score (nSPS) is 10.2. The number of rotatable bonds is 6. The lowest BCUT2D eigenvalue weighted by Crippen LogP contribution is -2.27. The molecule has 0 radical (unpaired) electrons. The van der Waals surface area contributed by atoms with E-state index in [1.807, 2.05) is 29.7 Å². The van der Waals surface area contributed by atoms with E-state index >= 15 is 0 Å². The molecule has 0 fully saturated rings. The maximum atomic E-state index is 11.3. The van der Waals surface area contributed by atoms with Gasteiger partial charge in [0.2, 0.25) is 0 Å².